The van der Waals surface area contributed by atoms with Gasteiger partial charge in [-0.3, -0.25) is 19.2 Å². The van der Waals surface area contributed by atoms with Gasteiger partial charge in [-0.25, -0.2) is 8.42 Å². The van der Waals surface area contributed by atoms with Crippen molar-refractivity contribution in [3.8, 4) is 0 Å². The summed E-state index contributed by atoms with van der Waals surface area (Å²) in [5, 5.41) is 10.3. The van der Waals surface area contributed by atoms with Crippen LogP contribution in [0, 0.1) is 10.1 Å². The van der Waals surface area contributed by atoms with Crippen LogP contribution < -0.4 is 4.31 Å². The molecule has 0 fully saturated rings. The van der Waals surface area contributed by atoms with Gasteiger partial charge in [0.2, 0.25) is 5.24 Å². The van der Waals surface area contributed by atoms with Crippen LogP contribution in [0.5, 0.6) is 0 Å². The van der Waals surface area contributed by atoms with Crippen molar-refractivity contribution in [2.24, 2.45) is 0 Å². The summed E-state index contributed by atoms with van der Waals surface area (Å²) >= 11 is 11.1. The first-order chi connectivity index (χ1) is 11.2. The molecule has 0 spiro atoms. The van der Waals surface area contributed by atoms with Crippen LogP contribution in [0.3, 0.4) is 0 Å². The molecule has 2 aromatic carbocycles. The number of benzene rings is 2. The zero-order chi connectivity index (χ0) is 17.9. The zero-order valence-corrected chi connectivity index (χ0v) is 14.3. The van der Waals surface area contributed by atoms with E-state index in [4.69, 9.17) is 23.2 Å². The zero-order valence-electron chi connectivity index (χ0n) is 11.9. The van der Waals surface area contributed by atoms with E-state index in [-0.39, 0.29) is 16.3 Å². The fraction of sp³-hybridized carbons (Fsp3) is 0.0714. The molecule has 0 aliphatic heterocycles. The minimum atomic E-state index is -4.24. The van der Waals surface area contributed by atoms with Gasteiger partial charge in [0.25, 0.3) is 15.7 Å². The normalized spacial score (nSPS) is 11.1. The largest absolute Gasteiger partial charge is 0.279 e. The number of rotatable bonds is 6. The van der Waals surface area contributed by atoms with Crippen LogP contribution in [0.1, 0.15) is 0 Å². The fourth-order valence-electron chi connectivity index (χ4n) is 1.92. The number of sulfonamides is 1. The lowest BCUT2D eigenvalue weighted by Crippen LogP contribution is -2.34. The lowest BCUT2D eigenvalue weighted by atomic mass is 10.3. The maximum atomic E-state index is 12.8. The Kier molecular flexibility index (Phi) is 5.43. The van der Waals surface area contributed by atoms with E-state index in [0.29, 0.717) is 5.02 Å². The molecule has 0 saturated carbocycles. The monoisotopic (exact) mass is 388 g/mol. The SMILES string of the molecule is O=C(Cl)CN(c1ccc(Cl)cc1)S(=O)(=O)c1cccc([N+](=O)[O-])c1. The van der Waals surface area contributed by atoms with Crippen LogP contribution in [0.25, 0.3) is 0 Å². The first-order valence-electron chi connectivity index (χ1n) is 6.43. The van der Waals surface area contributed by atoms with Gasteiger partial charge in [-0.1, -0.05) is 17.7 Å². The number of nitrogens with zero attached hydrogens (tertiary/aromatic N) is 2. The van der Waals surface area contributed by atoms with Gasteiger partial charge in [-0.15, -0.1) is 0 Å². The molecule has 0 amide bonds. The second kappa shape index (κ2) is 7.16. The molecule has 0 atom stereocenters. The first-order valence-corrected chi connectivity index (χ1v) is 8.62. The average molecular weight is 389 g/mol. The predicted octanol–water partition coefficient (Wildman–Crippen LogP) is 3.21. The second-order valence-electron chi connectivity index (χ2n) is 4.60. The van der Waals surface area contributed by atoms with Crippen molar-refractivity contribution >= 4 is 49.8 Å². The minimum Gasteiger partial charge on any atom is -0.279 e. The van der Waals surface area contributed by atoms with Crippen molar-refractivity contribution in [3.63, 3.8) is 0 Å². The fourth-order valence-corrected chi connectivity index (χ4v) is 3.70. The third-order valence-electron chi connectivity index (χ3n) is 3.00. The van der Waals surface area contributed by atoms with Gasteiger partial charge in [-0.2, -0.15) is 0 Å². The summed E-state index contributed by atoms with van der Waals surface area (Å²) < 4.78 is 26.3. The highest BCUT2D eigenvalue weighted by molar-refractivity contribution is 7.92. The summed E-state index contributed by atoms with van der Waals surface area (Å²) in [6.07, 6.45) is 0. The number of halogens is 2. The van der Waals surface area contributed by atoms with E-state index in [9.17, 15) is 23.3 Å². The van der Waals surface area contributed by atoms with E-state index >= 15 is 0 Å². The number of non-ortho nitro benzene ring substituents is 1. The molecule has 0 N–H and O–H groups in total. The summed E-state index contributed by atoms with van der Waals surface area (Å²) in [5.74, 6) is 0. The number of hydrogen-bond acceptors (Lipinski definition) is 5. The van der Waals surface area contributed by atoms with E-state index in [1.807, 2.05) is 0 Å². The Morgan fingerprint density at radius 1 is 1.17 bits per heavy atom. The van der Waals surface area contributed by atoms with E-state index in [0.717, 1.165) is 10.4 Å². The number of carbonyl (C=O) groups excluding carboxylic acids is 1. The minimum absolute atomic E-state index is 0.153. The number of anilines is 1. The Morgan fingerprint density at radius 3 is 2.33 bits per heavy atom. The van der Waals surface area contributed by atoms with Gasteiger partial charge in [0.15, 0.2) is 0 Å². The molecule has 10 heteroatoms. The molecule has 0 aromatic heterocycles. The molecule has 0 saturated heterocycles. The number of carbonyl (C=O) groups is 1. The lowest BCUT2D eigenvalue weighted by molar-refractivity contribution is -0.385. The van der Waals surface area contributed by atoms with Crippen molar-refractivity contribution in [1.82, 2.24) is 0 Å². The van der Waals surface area contributed by atoms with Crippen molar-refractivity contribution in [2.75, 3.05) is 10.8 Å². The maximum Gasteiger partial charge on any atom is 0.270 e. The molecule has 126 valence electrons. The van der Waals surface area contributed by atoms with E-state index < -0.39 is 26.7 Å². The number of nitro benzene ring substituents is 1. The molecule has 7 nitrogen and oxygen atoms in total. The standard InChI is InChI=1S/C14H10Cl2N2O5S/c15-10-4-6-11(7-5-10)17(9-14(16)19)24(22,23)13-3-1-2-12(8-13)18(20)21/h1-8H,9H2. The molecule has 2 rings (SSSR count). The smallest absolute Gasteiger partial charge is 0.270 e. The molecular formula is C14H10Cl2N2O5S. The molecule has 0 aliphatic rings. The van der Waals surface area contributed by atoms with Crippen molar-refractivity contribution in [2.45, 2.75) is 4.90 Å². The van der Waals surface area contributed by atoms with Crippen LogP contribution >= 0.6 is 23.2 Å². The Hall–Kier alpha value is -2.16. The molecule has 24 heavy (non-hydrogen) atoms. The van der Waals surface area contributed by atoms with Gasteiger partial charge in [-0.05, 0) is 41.9 Å². The molecule has 0 heterocycles. The van der Waals surface area contributed by atoms with Gasteiger partial charge in [0.1, 0.15) is 6.54 Å². The third kappa shape index (κ3) is 4.02. The Morgan fingerprint density at radius 2 is 1.79 bits per heavy atom. The highest BCUT2D eigenvalue weighted by Gasteiger charge is 2.28. The summed E-state index contributed by atoms with van der Waals surface area (Å²) in [5.41, 5.74) is -0.232. The summed E-state index contributed by atoms with van der Waals surface area (Å²) in [6, 6.07) is 10.2. The van der Waals surface area contributed by atoms with Crippen molar-refractivity contribution < 1.29 is 18.1 Å². The van der Waals surface area contributed by atoms with Crippen molar-refractivity contribution in [3.05, 3.63) is 63.7 Å². The number of hydrogen-bond donors (Lipinski definition) is 0. The van der Waals surface area contributed by atoms with E-state index in [1.165, 1.54) is 42.5 Å². The Labute approximate surface area is 147 Å². The summed E-state index contributed by atoms with van der Waals surface area (Å²) in [7, 11) is -4.24. The highest BCUT2D eigenvalue weighted by Crippen LogP contribution is 2.27. The van der Waals surface area contributed by atoms with Gasteiger partial charge in [0, 0.05) is 17.2 Å². The van der Waals surface area contributed by atoms with E-state index in [2.05, 4.69) is 0 Å². The number of nitro groups is 1. The molecule has 0 unspecified atom stereocenters. The molecule has 2 aromatic rings. The second-order valence-corrected chi connectivity index (χ2v) is 7.32. The van der Waals surface area contributed by atoms with Crippen LogP contribution in [0.15, 0.2) is 53.4 Å². The Bertz CT molecular complexity index is 884. The highest BCUT2D eigenvalue weighted by atomic mass is 35.5. The van der Waals surface area contributed by atoms with Crippen LogP contribution in [0.2, 0.25) is 5.02 Å². The van der Waals surface area contributed by atoms with Crippen LogP contribution in [0.4, 0.5) is 11.4 Å². The molecular weight excluding hydrogens is 379 g/mol. The topological polar surface area (TPSA) is 97.6 Å². The predicted molar refractivity (Wildman–Crippen MR) is 89.9 cm³/mol. The summed E-state index contributed by atoms with van der Waals surface area (Å²) in [6.45, 7) is -0.631. The third-order valence-corrected chi connectivity index (χ3v) is 5.14. The van der Waals surface area contributed by atoms with E-state index in [1.54, 1.807) is 0 Å². The lowest BCUT2D eigenvalue weighted by Gasteiger charge is -2.22. The Balaban J connectivity index is 2.55. The van der Waals surface area contributed by atoms with Gasteiger partial charge >= 0.3 is 0 Å². The quantitative estimate of drug-likeness (QED) is 0.429. The molecule has 0 radical (unpaired) electrons. The van der Waals surface area contributed by atoms with Gasteiger partial charge in [0.05, 0.1) is 15.5 Å². The van der Waals surface area contributed by atoms with Gasteiger partial charge < -0.3 is 0 Å². The maximum absolute atomic E-state index is 12.8. The average Bonchev–Trinajstić information content (AvgIpc) is 2.53. The molecule has 0 bridgehead atoms. The first kappa shape index (κ1) is 18.2. The van der Waals surface area contributed by atoms with Crippen molar-refractivity contribution in [1.29, 1.82) is 0 Å². The van der Waals surface area contributed by atoms with Crippen LogP contribution in [-0.4, -0.2) is 25.1 Å². The molecule has 0 aliphatic carbocycles. The summed E-state index contributed by atoms with van der Waals surface area (Å²) in [4.78, 5) is 21.1. The van der Waals surface area contributed by atoms with Crippen LogP contribution in [-0.2, 0) is 14.8 Å².